The highest BCUT2D eigenvalue weighted by Crippen LogP contribution is 2.33. The first-order valence-corrected chi connectivity index (χ1v) is 13.8. The molecule has 0 spiro atoms. The Morgan fingerprint density at radius 1 is 1.08 bits per heavy atom. The van der Waals surface area contributed by atoms with E-state index in [-0.39, 0.29) is 24.5 Å². The van der Waals surface area contributed by atoms with E-state index in [1.807, 2.05) is 23.6 Å². The van der Waals surface area contributed by atoms with Crippen molar-refractivity contribution in [1.82, 2.24) is 29.0 Å². The largest absolute Gasteiger partial charge is 0.356 e. The SMILES string of the molecule is CCn1c(N2CCC[C@@H](N)C2)c(C(=O)NC2CCC2)c2c1c(=O)n(Cc1ccc3ncccc3n1)c(=O)n2C. The Hall–Kier alpha value is -3.99. The molecule has 0 radical (unpaired) electrons. The quantitative estimate of drug-likeness (QED) is 0.388. The average molecular weight is 531 g/mol. The van der Waals surface area contributed by atoms with Crippen LogP contribution in [0.15, 0.2) is 40.1 Å². The van der Waals surface area contributed by atoms with E-state index in [0.717, 1.165) is 44.2 Å². The third-order valence-electron chi connectivity index (χ3n) is 8.09. The third-order valence-corrected chi connectivity index (χ3v) is 8.09. The molecule has 6 rings (SSSR count). The molecule has 1 atom stereocenters. The van der Waals surface area contributed by atoms with Crippen LogP contribution in [0.5, 0.6) is 0 Å². The topological polar surface area (TPSA) is 133 Å². The van der Waals surface area contributed by atoms with Crippen molar-refractivity contribution in [2.75, 3.05) is 18.0 Å². The Bertz CT molecular complexity index is 1700. The fourth-order valence-corrected chi connectivity index (χ4v) is 5.87. The number of piperidine rings is 1. The van der Waals surface area contributed by atoms with E-state index >= 15 is 0 Å². The Morgan fingerprint density at radius 3 is 2.62 bits per heavy atom. The maximum absolute atomic E-state index is 14.1. The van der Waals surface area contributed by atoms with Crippen molar-refractivity contribution in [1.29, 1.82) is 0 Å². The van der Waals surface area contributed by atoms with Gasteiger partial charge in [-0.3, -0.25) is 23.7 Å². The molecule has 11 heteroatoms. The van der Waals surface area contributed by atoms with E-state index in [0.29, 0.717) is 46.7 Å². The highest BCUT2D eigenvalue weighted by atomic mass is 16.2. The second-order valence-electron chi connectivity index (χ2n) is 10.7. The molecular formula is C28H34N8O3. The Labute approximate surface area is 225 Å². The fraction of sp³-hybridized carbons (Fsp3) is 0.464. The second-order valence-corrected chi connectivity index (χ2v) is 10.7. The van der Waals surface area contributed by atoms with Gasteiger partial charge in [-0.25, -0.2) is 9.78 Å². The lowest BCUT2D eigenvalue weighted by molar-refractivity contribution is 0.0918. The Morgan fingerprint density at radius 2 is 1.90 bits per heavy atom. The summed E-state index contributed by atoms with van der Waals surface area (Å²) in [6, 6.07) is 7.34. The van der Waals surface area contributed by atoms with Crippen LogP contribution in [-0.2, 0) is 20.1 Å². The smallest absolute Gasteiger partial charge is 0.331 e. The van der Waals surface area contributed by atoms with Crippen LogP contribution in [0, 0.1) is 0 Å². The summed E-state index contributed by atoms with van der Waals surface area (Å²) in [5.74, 6) is 0.418. The van der Waals surface area contributed by atoms with E-state index in [1.165, 1.54) is 9.13 Å². The van der Waals surface area contributed by atoms with Crippen molar-refractivity contribution in [3.8, 4) is 0 Å². The van der Waals surface area contributed by atoms with Crippen molar-refractivity contribution in [2.45, 2.75) is 64.2 Å². The lowest BCUT2D eigenvalue weighted by Crippen LogP contribution is -2.45. The lowest BCUT2D eigenvalue weighted by atomic mass is 9.93. The van der Waals surface area contributed by atoms with Crippen LogP contribution < -0.4 is 27.2 Å². The molecule has 11 nitrogen and oxygen atoms in total. The van der Waals surface area contributed by atoms with E-state index in [4.69, 9.17) is 5.73 Å². The number of hydrogen-bond donors (Lipinski definition) is 2. The molecule has 0 aromatic carbocycles. The van der Waals surface area contributed by atoms with E-state index in [2.05, 4.69) is 20.2 Å². The molecule has 1 saturated heterocycles. The number of carbonyl (C=O) groups is 1. The van der Waals surface area contributed by atoms with Crippen molar-refractivity contribution >= 4 is 33.8 Å². The molecule has 0 unspecified atom stereocenters. The number of aryl methyl sites for hydroxylation is 2. The first-order chi connectivity index (χ1) is 18.9. The number of hydrogen-bond acceptors (Lipinski definition) is 7. The summed E-state index contributed by atoms with van der Waals surface area (Å²) in [6.45, 7) is 3.73. The number of fused-ring (bicyclic) bond motifs is 2. The number of nitrogens with zero attached hydrogens (tertiary/aromatic N) is 6. The molecule has 4 aromatic heterocycles. The molecule has 3 N–H and O–H groups in total. The number of rotatable bonds is 6. The highest BCUT2D eigenvalue weighted by molar-refractivity contribution is 6.11. The van der Waals surface area contributed by atoms with E-state index < -0.39 is 11.2 Å². The van der Waals surface area contributed by atoms with Gasteiger partial charge >= 0.3 is 5.69 Å². The monoisotopic (exact) mass is 530 g/mol. The number of anilines is 1. The standard InChI is InChI=1S/C28H34N8O3/c1-3-35-24-23(22(25(37)32-18-8-4-9-18)26(35)34-14-6-7-17(29)15-34)33(2)28(39)36(27(24)38)16-19-11-12-20-21(31-19)10-5-13-30-20/h5,10-13,17-18H,3-4,6-9,14-16,29H2,1-2H3,(H,32,37)/t17-/m1/s1. The molecule has 1 aliphatic carbocycles. The molecule has 2 aliphatic rings. The van der Waals surface area contributed by atoms with Crippen LogP contribution in [0.25, 0.3) is 22.1 Å². The minimum atomic E-state index is -0.492. The van der Waals surface area contributed by atoms with Gasteiger partial charge in [0, 0.05) is 45.0 Å². The van der Waals surface area contributed by atoms with Crippen LogP contribution in [0.3, 0.4) is 0 Å². The summed E-state index contributed by atoms with van der Waals surface area (Å²) in [6.07, 6.45) is 6.44. The Balaban J connectivity index is 1.56. The van der Waals surface area contributed by atoms with Gasteiger partial charge in [0.15, 0.2) is 0 Å². The molecule has 5 heterocycles. The van der Waals surface area contributed by atoms with Gasteiger partial charge in [0.25, 0.3) is 11.5 Å². The minimum absolute atomic E-state index is 0.00863. The van der Waals surface area contributed by atoms with Crippen LogP contribution in [-0.4, -0.2) is 54.7 Å². The summed E-state index contributed by atoms with van der Waals surface area (Å²) in [7, 11) is 1.63. The van der Waals surface area contributed by atoms with E-state index in [1.54, 1.807) is 25.4 Å². The number of amides is 1. The normalized spacial score (nSPS) is 18.0. The van der Waals surface area contributed by atoms with Crippen LogP contribution in [0.4, 0.5) is 5.82 Å². The minimum Gasteiger partial charge on any atom is -0.356 e. The maximum atomic E-state index is 14.1. The van der Waals surface area contributed by atoms with Gasteiger partial charge in [-0.05, 0) is 63.3 Å². The summed E-state index contributed by atoms with van der Waals surface area (Å²) >= 11 is 0. The van der Waals surface area contributed by atoms with Crippen molar-refractivity contribution in [2.24, 2.45) is 12.8 Å². The van der Waals surface area contributed by atoms with Gasteiger partial charge in [0.2, 0.25) is 0 Å². The maximum Gasteiger partial charge on any atom is 0.331 e. The number of pyridine rings is 2. The summed E-state index contributed by atoms with van der Waals surface area (Å²) in [4.78, 5) is 52.6. The molecule has 1 saturated carbocycles. The number of nitrogens with one attached hydrogen (secondary N) is 1. The summed E-state index contributed by atoms with van der Waals surface area (Å²) < 4.78 is 4.53. The molecule has 2 fully saturated rings. The molecule has 39 heavy (non-hydrogen) atoms. The lowest BCUT2D eigenvalue weighted by Gasteiger charge is -2.34. The molecule has 1 aliphatic heterocycles. The number of carbonyl (C=O) groups excluding carboxylic acids is 1. The molecule has 204 valence electrons. The first kappa shape index (κ1) is 25.3. The first-order valence-electron chi connectivity index (χ1n) is 13.8. The number of nitrogens with two attached hydrogens (primary N) is 1. The summed E-state index contributed by atoms with van der Waals surface area (Å²) in [5, 5.41) is 3.14. The van der Waals surface area contributed by atoms with Gasteiger partial charge in [-0.1, -0.05) is 0 Å². The predicted molar refractivity (Wildman–Crippen MR) is 150 cm³/mol. The van der Waals surface area contributed by atoms with Crippen LogP contribution in [0.2, 0.25) is 0 Å². The van der Waals surface area contributed by atoms with Crippen LogP contribution >= 0.6 is 0 Å². The van der Waals surface area contributed by atoms with Gasteiger partial charge in [0.1, 0.15) is 16.9 Å². The van der Waals surface area contributed by atoms with Gasteiger partial charge in [0.05, 0.1) is 28.8 Å². The van der Waals surface area contributed by atoms with Gasteiger partial charge in [-0.15, -0.1) is 0 Å². The zero-order valence-corrected chi connectivity index (χ0v) is 22.4. The van der Waals surface area contributed by atoms with Gasteiger partial charge in [-0.2, -0.15) is 0 Å². The Kier molecular flexibility index (Phi) is 6.46. The highest BCUT2D eigenvalue weighted by Gasteiger charge is 2.33. The molecule has 1 amide bonds. The zero-order valence-electron chi connectivity index (χ0n) is 22.4. The zero-order chi connectivity index (χ0) is 27.3. The summed E-state index contributed by atoms with van der Waals surface area (Å²) in [5.41, 5.74) is 8.50. The number of aromatic nitrogens is 5. The second kappa shape index (κ2) is 9.96. The van der Waals surface area contributed by atoms with Crippen molar-refractivity contribution in [3.05, 3.63) is 62.6 Å². The average Bonchev–Trinajstić information content (AvgIpc) is 3.27. The molecule has 4 aromatic rings. The van der Waals surface area contributed by atoms with Crippen LogP contribution in [0.1, 0.15) is 55.1 Å². The van der Waals surface area contributed by atoms with Crippen molar-refractivity contribution < 1.29 is 4.79 Å². The van der Waals surface area contributed by atoms with E-state index in [9.17, 15) is 14.4 Å². The fourth-order valence-electron chi connectivity index (χ4n) is 5.87. The van der Waals surface area contributed by atoms with Gasteiger partial charge < -0.3 is 20.5 Å². The predicted octanol–water partition coefficient (Wildman–Crippen LogP) is 1.72. The third kappa shape index (κ3) is 4.30. The molecular weight excluding hydrogens is 496 g/mol. The van der Waals surface area contributed by atoms with Crippen molar-refractivity contribution in [3.63, 3.8) is 0 Å². The molecule has 0 bridgehead atoms.